The number of hydrogen-bond donors (Lipinski definition) is 1. The molecule has 10 heteroatoms. The number of anilines is 2. The molecular formula is C20H16F3N3O4. The lowest BCUT2D eigenvalue weighted by Crippen LogP contribution is -2.41. The van der Waals surface area contributed by atoms with E-state index in [1.807, 2.05) is 0 Å². The summed E-state index contributed by atoms with van der Waals surface area (Å²) >= 11 is 0. The highest BCUT2D eigenvalue weighted by Gasteiger charge is 2.67. The first-order chi connectivity index (χ1) is 14.2. The molecule has 2 saturated heterocycles. The first-order valence-electron chi connectivity index (χ1n) is 9.28. The largest absolute Gasteiger partial charge is 0.416 e. The van der Waals surface area contributed by atoms with Crippen molar-refractivity contribution in [3.05, 3.63) is 53.8 Å². The molecule has 0 saturated carbocycles. The molecule has 2 bridgehead atoms. The number of benzene rings is 1. The van der Waals surface area contributed by atoms with E-state index in [-0.39, 0.29) is 18.1 Å². The predicted molar refractivity (Wildman–Crippen MR) is 97.4 cm³/mol. The van der Waals surface area contributed by atoms with Crippen LogP contribution in [-0.2, 0) is 20.5 Å². The summed E-state index contributed by atoms with van der Waals surface area (Å²) in [5.74, 6) is -1.44. The van der Waals surface area contributed by atoms with Gasteiger partial charge in [-0.1, -0.05) is 17.3 Å². The Morgan fingerprint density at radius 1 is 1.30 bits per heavy atom. The minimum absolute atomic E-state index is 0.208. The second-order valence-corrected chi connectivity index (χ2v) is 7.68. The fourth-order valence-electron chi connectivity index (χ4n) is 4.44. The van der Waals surface area contributed by atoms with Crippen molar-refractivity contribution in [2.45, 2.75) is 24.8 Å². The van der Waals surface area contributed by atoms with Gasteiger partial charge in [0.1, 0.15) is 11.4 Å². The molecule has 4 atom stereocenters. The topological polar surface area (TPSA) is 84.7 Å². The standard InChI is InChI=1S/C20H16F3N3O4/c1-10-8-14(25-30-10)26-9-19-7-6-13(29-19)15(16(19)18(26)28)17(27)24-12-4-2-11(3-5-12)20(21,22)23/h2-8,13,15-16H,9H2,1H3,(H,24,27)/t13-,15+,16+,19-/m1/s1. The molecule has 1 spiro atoms. The lowest BCUT2D eigenvalue weighted by atomic mass is 9.77. The number of fused-ring (bicyclic) bond motifs is 1. The van der Waals surface area contributed by atoms with Crippen molar-refractivity contribution in [1.29, 1.82) is 0 Å². The summed E-state index contributed by atoms with van der Waals surface area (Å²) in [5, 5.41) is 6.49. The van der Waals surface area contributed by atoms with Gasteiger partial charge in [-0.2, -0.15) is 13.2 Å². The summed E-state index contributed by atoms with van der Waals surface area (Å²) in [5.41, 5.74) is -1.53. The average molecular weight is 419 g/mol. The van der Waals surface area contributed by atoms with Crippen LogP contribution in [0.15, 0.2) is 47.0 Å². The number of carbonyl (C=O) groups is 2. The Hall–Kier alpha value is -3.14. The maximum absolute atomic E-state index is 13.1. The molecule has 0 unspecified atom stereocenters. The molecule has 5 rings (SSSR count). The van der Waals surface area contributed by atoms with Gasteiger partial charge in [0.05, 0.1) is 30.0 Å². The monoisotopic (exact) mass is 419 g/mol. The second-order valence-electron chi connectivity index (χ2n) is 7.68. The van der Waals surface area contributed by atoms with Crippen LogP contribution >= 0.6 is 0 Å². The molecule has 1 N–H and O–H groups in total. The summed E-state index contributed by atoms with van der Waals surface area (Å²) in [4.78, 5) is 27.5. The molecule has 2 amide bonds. The molecule has 2 fully saturated rings. The van der Waals surface area contributed by atoms with Crippen LogP contribution in [0.1, 0.15) is 11.3 Å². The van der Waals surface area contributed by atoms with Crippen LogP contribution in [0.5, 0.6) is 0 Å². The maximum Gasteiger partial charge on any atom is 0.416 e. The van der Waals surface area contributed by atoms with E-state index in [1.165, 1.54) is 17.0 Å². The number of alkyl halides is 3. The van der Waals surface area contributed by atoms with Crippen molar-refractivity contribution in [1.82, 2.24) is 5.16 Å². The smallest absolute Gasteiger partial charge is 0.360 e. The Kier molecular flexibility index (Phi) is 3.88. The van der Waals surface area contributed by atoms with Crippen LogP contribution < -0.4 is 10.2 Å². The highest BCUT2D eigenvalue weighted by Crippen LogP contribution is 2.52. The quantitative estimate of drug-likeness (QED) is 0.774. The molecule has 3 aliphatic heterocycles. The molecular weight excluding hydrogens is 403 g/mol. The molecule has 7 nitrogen and oxygen atoms in total. The number of nitrogens with zero attached hydrogens (tertiary/aromatic N) is 2. The normalized spacial score (nSPS) is 29.5. The molecule has 156 valence electrons. The summed E-state index contributed by atoms with van der Waals surface area (Å²) in [6.45, 7) is 1.91. The number of hydrogen-bond acceptors (Lipinski definition) is 5. The second kappa shape index (κ2) is 6.18. The van der Waals surface area contributed by atoms with Gasteiger partial charge in [0.15, 0.2) is 5.82 Å². The molecule has 30 heavy (non-hydrogen) atoms. The van der Waals surface area contributed by atoms with E-state index in [0.29, 0.717) is 11.6 Å². The van der Waals surface area contributed by atoms with Crippen LogP contribution in [-0.4, -0.2) is 35.2 Å². The molecule has 2 aromatic rings. The molecule has 1 aromatic carbocycles. The van der Waals surface area contributed by atoms with Crippen molar-refractivity contribution >= 4 is 23.3 Å². The molecule has 0 aliphatic carbocycles. The summed E-state index contributed by atoms with van der Waals surface area (Å²) < 4.78 is 49.3. The summed E-state index contributed by atoms with van der Waals surface area (Å²) in [7, 11) is 0. The third-order valence-electron chi connectivity index (χ3n) is 5.77. The number of nitrogens with one attached hydrogen (secondary N) is 1. The van der Waals surface area contributed by atoms with Gasteiger partial charge in [0.25, 0.3) is 0 Å². The minimum atomic E-state index is -4.46. The average Bonchev–Trinajstić information content (AvgIpc) is 3.42. The molecule has 0 radical (unpaired) electrons. The molecule has 3 aliphatic rings. The predicted octanol–water partition coefficient (Wildman–Crippen LogP) is 2.93. The summed E-state index contributed by atoms with van der Waals surface area (Å²) in [6, 6.07) is 5.78. The van der Waals surface area contributed by atoms with E-state index >= 15 is 0 Å². The van der Waals surface area contributed by atoms with Gasteiger partial charge in [0, 0.05) is 11.8 Å². The van der Waals surface area contributed by atoms with E-state index < -0.39 is 41.2 Å². The highest BCUT2D eigenvalue weighted by atomic mass is 19.4. The van der Waals surface area contributed by atoms with Gasteiger partial charge >= 0.3 is 6.18 Å². The number of aryl methyl sites for hydroxylation is 1. The van der Waals surface area contributed by atoms with E-state index in [1.54, 1.807) is 25.1 Å². The van der Waals surface area contributed by atoms with Gasteiger partial charge in [-0.15, -0.1) is 0 Å². The molecule has 1 aromatic heterocycles. The number of aromatic nitrogens is 1. The number of halogens is 3. The van der Waals surface area contributed by atoms with Crippen LogP contribution in [0.25, 0.3) is 0 Å². The summed E-state index contributed by atoms with van der Waals surface area (Å²) in [6.07, 6.45) is -1.49. The van der Waals surface area contributed by atoms with E-state index in [2.05, 4.69) is 10.5 Å². The third-order valence-corrected chi connectivity index (χ3v) is 5.77. The van der Waals surface area contributed by atoms with Crippen molar-refractivity contribution in [2.24, 2.45) is 11.8 Å². The Morgan fingerprint density at radius 2 is 2.03 bits per heavy atom. The van der Waals surface area contributed by atoms with Crippen LogP contribution in [0.3, 0.4) is 0 Å². The van der Waals surface area contributed by atoms with E-state index in [4.69, 9.17) is 9.26 Å². The number of ether oxygens (including phenoxy) is 1. The fourth-order valence-corrected chi connectivity index (χ4v) is 4.44. The minimum Gasteiger partial charge on any atom is -0.360 e. The zero-order valence-electron chi connectivity index (χ0n) is 15.6. The SMILES string of the molecule is Cc1cc(N2C[C@@]34C=C[C@@H](O3)[C@H](C(=O)Nc3ccc(C(F)(F)F)cc3)[C@H]4C2=O)no1. The highest BCUT2D eigenvalue weighted by molar-refractivity contribution is 6.05. The zero-order chi connectivity index (χ0) is 21.3. The fraction of sp³-hybridized carbons (Fsp3) is 0.350. The van der Waals surface area contributed by atoms with E-state index in [9.17, 15) is 22.8 Å². The Labute approximate surface area is 168 Å². The molecule has 4 heterocycles. The number of rotatable bonds is 3. The lowest BCUT2D eigenvalue weighted by molar-refractivity contribution is -0.137. The lowest BCUT2D eigenvalue weighted by Gasteiger charge is -2.23. The van der Waals surface area contributed by atoms with Gasteiger partial charge in [-0.05, 0) is 31.2 Å². The van der Waals surface area contributed by atoms with Crippen molar-refractivity contribution < 1.29 is 32.0 Å². The van der Waals surface area contributed by atoms with Crippen LogP contribution in [0.2, 0.25) is 0 Å². The maximum atomic E-state index is 13.1. The van der Waals surface area contributed by atoms with E-state index in [0.717, 1.165) is 12.1 Å². The first kappa shape index (κ1) is 18.9. The van der Waals surface area contributed by atoms with Crippen molar-refractivity contribution in [3.8, 4) is 0 Å². The number of carbonyl (C=O) groups excluding carboxylic acids is 2. The van der Waals surface area contributed by atoms with Gasteiger partial charge in [0.2, 0.25) is 11.8 Å². The van der Waals surface area contributed by atoms with Crippen molar-refractivity contribution in [3.63, 3.8) is 0 Å². The first-order valence-corrected chi connectivity index (χ1v) is 9.28. The number of amides is 2. The van der Waals surface area contributed by atoms with Crippen LogP contribution in [0.4, 0.5) is 24.7 Å². The Morgan fingerprint density at radius 3 is 2.67 bits per heavy atom. The Bertz CT molecular complexity index is 1060. The zero-order valence-corrected chi connectivity index (χ0v) is 15.6. The Balaban J connectivity index is 1.38. The third kappa shape index (κ3) is 2.74. The van der Waals surface area contributed by atoms with Gasteiger partial charge in [-0.25, -0.2) is 0 Å². The van der Waals surface area contributed by atoms with Gasteiger partial charge < -0.3 is 14.6 Å². The van der Waals surface area contributed by atoms with Crippen molar-refractivity contribution in [2.75, 3.05) is 16.8 Å². The van der Waals surface area contributed by atoms with Crippen LogP contribution in [0, 0.1) is 18.8 Å². The van der Waals surface area contributed by atoms with Gasteiger partial charge in [-0.3, -0.25) is 14.5 Å².